The van der Waals surface area contributed by atoms with E-state index in [1.165, 1.54) is 11.8 Å². The first-order valence-electron chi connectivity index (χ1n) is 4.86. The first-order chi connectivity index (χ1) is 7.99. The van der Waals surface area contributed by atoms with Gasteiger partial charge >= 0.3 is 5.97 Å². The number of rotatable bonds is 5. The summed E-state index contributed by atoms with van der Waals surface area (Å²) in [4.78, 5) is 22.8. The number of thioether (sulfide) groups is 1. The molecule has 0 heterocycles. The molecule has 0 aromatic heterocycles. The van der Waals surface area contributed by atoms with Crippen molar-refractivity contribution in [3.05, 3.63) is 29.3 Å². The Balaban J connectivity index is 2.48. The minimum Gasteiger partial charge on any atom is -0.455 e. The Morgan fingerprint density at radius 3 is 2.53 bits per heavy atom. The van der Waals surface area contributed by atoms with Crippen LogP contribution in [-0.2, 0) is 14.3 Å². The van der Waals surface area contributed by atoms with Gasteiger partial charge in [0.05, 0.1) is 0 Å². The van der Waals surface area contributed by atoms with Gasteiger partial charge in [-0.1, -0.05) is 11.6 Å². The van der Waals surface area contributed by atoms with Gasteiger partial charge in [0, 0.05) is 9.92 Å². The summed E-state index contributed by atoms with van der Waals surface area (Å²) >= 11 is 7.07. The van der Waals surface area contributed by atoms with Crippen molar-refractivity contribution in [3.8, 4) is 0 Å². The maximum atomic E-state index is 11.4. The lowest BCUT2D eigenvalue weighted by Crippen LogP contribution is -2.24. The normalized spacial score (nSPS) is 11.9. The molecule has 1 atom stereocenters. The summed E-state index contributed by atoms with van der Waals surface area (Å²) in [5.41, 5.74) is 4.87. The van der Waals surface area contributed by atoms with Gasteiger partial charge in [0.25, 0.3) is 5.91 Å². The zero-order valence-electron chi connectivity index (χ0n) is 9.18. The first-order valence-corrected chi connectivity index (χ1v) is 6.12. The molecular formula is C11H12ClNO3S. The monoisotopic (exact) mass is 273 g/mol. The van der Waals surface area contributed by atoms with E-state index in [1.807, 2.05) is 12.1 Å². The van der Waals surface area contributed by atoms with Crippen LogP contribution in [0.5, 0.6) is 0 Å². The Morgan fingerprint density at radius 1 is 1.41 bits per heavy atom. The van der Waals surface area contributed by atoms with Crippen molar-refractivity contribution < 1.29 is 14.3 Å². The summed E-state index contributed by atoms with van der Waals surface area (Å²) in [5.74, 6) is -1.13. The second-order valence-electron chi connectivity index (χ2n) is 3.29. The minimum atomic E-state index is -0.665. The number of halogens is 1. The highest BCUT2D eigenvalue weighted by Gasteiger charge is 2.16. The van der Waals surface area contributed by atoms with Crippen molar-refractivity contribution in [2.75, 3.05) is 6.61 Å². The zero-order valence-corrected chi connectivity index (χ0v) is 10.8. The van der Waals surface area contributed by atoms with Crippen molar-refractivity contribution >= 4 is 35.2 Å². The van der Waals surface area contributed by atoms with Gasteiger partial charge in [-0.2, -0.15) is 0 Å². The van der Waals surface area contributed by atoms with E-state index < -0.39 is 17.1 Å². The number of carbonyl (C=O) groups excluding carboxylic acids is 2. The smallest absolute Gasteiger partial charge is 0.319 e. The van der Waals surface area contributed by atoms with Gasteiger partial charge in [0.1, 0.15) is 5.25 Å². The molecule has 2 N–H and O–H groups in total. The van der Waals surface area contributed by atoms with E-state index in [0.29, 0.717) is 5.02 Å². The standard InChI is InChI=1S/C11H12ClNO3S/c1-7(11(15)16-6-10(13)14)17-9-4-2-8(12)3-5-9/h2-5,7H,6H2,1H3,(H2,13,14)/t7-/m1/s1. The average Bonchev–Trinajstić information content (AvgIpc) is 2.28. The number of ether oxygens (including phenoxy) is 1. The number of hydrogen-bond donors (Lipinski definition) is 1. The molecule has 4 nitrogen and oxygen atoms in total. The molecule has 1 aromatic rings. The number of esters is 1. The van der Waals surface area contributed by atoms with Crippen LogP contribution in [0.2, 0.25) is 5.02 Å². The highest BCUT2D eigenvalue weighted by atomic mass is 35.5. The Morgan fingerprint density at radius 2 is 2.00 bits per heavy atom. The molecule has 6 heteroatoms. The minimum absolute atomic E-state index is 0.385. The van der Waals surface area contributed by atoms with E-state index in [0.717, 1.165) is 4.90 Å². The quantitative estimate of drug-likeness (QED) is 0.657. The van der Waals surface area contributed by atoms with E-state index in [1.54, 1.807) is 19.1 Å². The highest BCUT2D eigenvalue weighted by molar-refractivity contribution is 8.00. The third-order valence-corrected chi connectivity index (χ3v) is 3.16. The van der Waals surface area contributed by atoms with E-state index >= 15 is 0 Å². The maximum absolute atomic E-state index is 11.4. The average molecular weight is 274 g/mol. The number of amides is 1. The van der Waals surface area contributed by atoms with Gasteiger partial charge in [-0.05, 0) is 31.2 Å². The largest absolute Gasteiger partial charge is 0.455 e. The molecule has 0 unspecified atom stereocenters. The fourth-order valence-corrected chi connectivity index (χ4v) is 2.02. The van der Waals surface area contributed by atoms with E-state index in [-0.39, 0.29) is 6.61 Å². The fraction of sp³-hybridized carbons (Fsp3) is 0.273. The molecule has 17 heavy (non-hydrogen) atoms. The van der Waals surface area contributed by atoms with Crippen LogP contribution in [0.25, 0.3) is 0 Å². The Kier molecular flexibility index (Phi) is 5.31. The van der Waals surface area contributed by atoms with Crippen LogP contribution in [0, 0.1) is 0 Å². The molecule has 0 radical (unpaired) electrons. The molecule has 0 fully saturated rings. The predicted octanol–water partition coefficient (Wildman–Crippen LogP) is 1.85. The van der Waals surface area contributed by atoms with Crippen LogP contribution in [0.15, 0.2) is 29.2 Å². The van der Waals surface area contributed by atoms with E-state index in [2.05, 4.69) is 0 Å². The lowest BCUT2D eigenvalue weighted by molar-refractivity contribution is -0.146. The number of nitrogens with two attached hydrogens (primary N) is 1. The molecule has 0 bridgehead atoms. The van der Waals surface area contributed by atoms with Crippen molar-refractivity contribution in [1.29, 1.82) is 0 Å². The van der Waals surface area contributed by atoms with Gasteiger partial charge in [-0.3, -0.25) is 9.59 Å². The molecular weight excluding hydrogens is 262 g/mol. The van der Waals surface area contributed by atoms with Crippen LogP contribution < -0.4 is 5.73 Å². The molecule has 1 aromatic carbocycles. The zero-order chi connectivity index (χ0) is 12.8. The Hall–Kier alpha value is -1.20. The van der Waals surface area contributed by atoms with Gasteiger partial charge < -0.3 is 10.5 Å². The van der Waals surface area contributed by atoms with Crippen LogP contribution in [0.1, 0.15) is 6.92 Å². The Labute approximate surface area is 108 Å². The van der Waals surface area contributed by atoms with Crippen LogP contribution in [0.3, 0.4) is 0 Å². The number of carbonyl (C=O) groups is 2. The third kappa shape index (κ3) is 5.10. The molecule has 0 saturated carbocycles. The summed E-state index contributed by atoms with van der Waals surface area (Å²) in [6.45, 7) is 1.31. The molecule has 0 aliphatic rings. The van der Waals surface area contributed by atoms with Gasteiger partial charge in [0.2, 0.25) is 0 Å². The van der Waals surface area contributed by atoms with Gasteiger partial charge in [-0.15, -0.1) is 11.8 Å². The Bertz CT molecular complexity index is 408. The molecule has 0 spiro atoms. The highest BCUT2D eigenvalue weighted by Crippen LogP contribution is 2.25. The third-order valence-electron chi connectivity index (χ3n) is 1.82. The van der Waals surface area contributed by atoms with Gasteiger partial charge in [0.15, 0.2) is 6.61 Å². The van der Waals surface area contributed by atoms with Crippen molar-refractivity contribution in [1.82, 2.24) is 0 Å². The molecule has 1 amide bonds. The second-order valence-corrected chi connectivity index (χ2v) is 5.14. The first kappa shape index (κ1) is 13.9. The summed E-state index contributed by atoms with van der Waals surface area (Å²) < 4.78 is 4.70. The van der Waals surface area contributed by atoms with Gasteiger partial charge in [-0.25, -0.2) is 0 Å². The van der Waals surface area contributed by atoms with Crippen LogP contribution in [-0.4, -0.2) is 23.7 Å². The summed E-state index contributed by atoms with van der Waals surface area (Å²) in [6, 6.07) is 7.10. The van der Waals surface area contributed by atoms with Crippen molar-refractivity contribution in [2.45, 2.75) is 17.1 Å². The number of primary amides is 1. The SMILES string of the molecule is C[C@@H](Sc1ccc(Cl)cc1)C(=O)OCC(N)=O. The summed E-state index contributed by atoms with van der Waals surface area (Å²) in [5, 5.41) is 0.230. The van der Waals surface area contributed by atoms with E-state index in [9.17, 15) is 9.59 Å². The van der Waals surface area contributed by atoms with Crippen LogP contribution in [0.4, 0.5) is 0 Å². The summed E-state index contributed by atoms with van der Waals surface area (Å²) in [7, 11) is 0. The second kappa shape index (κ2) is 6.51. The predicted molar refractivity (Wildman–Crippen MR) is 66.9 cm³/mol. The molecule has 92 valence electrons. The number of benzene rings is 1. The maximum Gasteiger partial charge on any atom is 0.319 e. The molecule has 1 rings (SSSR count). The molecule has 0 saturated heterocycles. The molecule has 0 aliphatic carbocycles. The topological polar surface area (TPSA) is 69.4 Å². The lowest BCUT2D eigenvalue weighted by Gasteiger charge is -2.10. The molecule has 0 aliphatic heterocycles. The number of hydrogen-bond acceptors (Lipinski definition) is 4. The van der Waals surface area contributed by atoms with E-state index in [4.69, 9.17) is 22.1 Å². The fourth-order valence-electron chi connectivity index (χ4n) is 1.03. The lowest BCUT2D eigenvalue weighted by atomic mass is 10.4. The van der Waals surface area contributed by atoms with Crippen molar-refractivity contribution in [2.24, 2.45) is 5.73 Å². The van der Waals surface area contributed by atoms with Crippen LogP contribution >= 0.6 is 23.4 Å². The van der Waals surface area contributed by atoms with Crippen molar-refractivity contribution in [3.63, 3.8) is 0 Å². The summed E-state index contributed by atoms with van der Waals surface area (Å²) in [6.07, 6.45) is 0.